The lowest BCUT2D eigenvalue weighted by Crippen LogP contribution is -2.00. The molecule has 0 bridgehead atoms. The smallest absolute Gasteiger partial charge is 0.164 e. The van der Waals surface area contributed by atoms with E-state index in [1.54, 1.807) is 0 Å². The Labute approximate surface area is 319 Å². The molecule has 0 saturated carbocycles. The van der Waals surface area contributed by atoms with Crippen molar-refractivity contribution in [1.82, 2.24) is 15.0 Å². The van der Waals surface area contributed by atoms with Crippen molar-refractivity contribution in [2.75, 3.05) is 0 Å². The SMILES string of the molecule is c1ccc(-c2ccc(-c3nc(-c4ccc(-c5cc(-c6ccccc6)cc(-c6ccccc6)c5)cc4)nc(-c4ccc5c(c4)oc4ccccc45)n3)cc2)cc1. The minimum Gasteiger partial charge on any atom is -0.456 e. The molecule has 8 aromatic carbocycles. The lowest BCUT2D eigenvalue weighted by Gasteiger charge is -2.12. The van der Waals surface area contributed by atoms with Gasteiger partial charge in [0.1, 0.15) is 11.2 Å². The quantitative estimate of drug-likeness (QED) is 0.166. The highest BCUT2D eigenvalue weighted by Gasteiger charge is 2.16. The minimum absolute atomic E-state index is 0.585. The van der Waals surface area contributed by atoms with E-state index in [1.807, 2.05) is 30.3 Å². The molecule has 2 aromatic heterocycles. The van der Waals surface area contributed by atoms with Crippen LogP contribution >= 0.6 is 0 Å². The number of hydrogen-bond donors (Lipinski definition) is 0. The van der Waals surface area contributed by atoms with Gasteiger partial charge in [-0.2, -0.15) is 0 Å². The lowest BCUT2D eigenvalue weighted by molar-refractivity contribution is 0.669. The molecule has 0 unspecified atom stereocenters. The first-order valence-electron chi connectivity index (χ1n) is 18.4. The van der Waals surface area contributed by atoms with Crippen molar-refractivity contribution in [2.24, 2.45) is 0 Å². The third kappa shape index (κ3) is 6.36. The van der Waals surface area contributed by atoms with Gasteiger partial charge in [-0.1, -0.05) is 164 Å². The van der Waals surface area contributed by atoms with Crippen LogP contribution in [-0.2, 0) is 0 Å². The second-order valence-corrected chi connectivity index (χ2v) is 13.7. The molecule has 0 N–H and O–H groups in total. The number of fused-ring (bicyclic) bond motifs is 3. The maximum Gasteiger partial charge on any atom is 0.164 e. The summed E-state index contributed by atoms with van der Waals surface area (Å²) in [5.74, 6) is 1.80. The van der Waals surface area contributed by atoms with Crippen LogP contribution in [-0.4, -0.2) is 15.0 Å². The summed E-state index contributed by atoms with van der Waals surface area (Å²) in [4.78, 5) is 15.2. The molecule has 10 rings (SSSR count). The Morgan fingerprint density at radius 2 is 0.582 bits per heavy atom. The second kappa shape index (κ2) is 13.8. The summed E-state index contributed by atoms with van der Waals surface area (Å²) in [7, 11) is 0. The fourth-order valence-electron chi connectivity index (χ4n) is 7.27. The lowest BCUT2D eigenvalue weighted by atomic mass is 9.93. The summed E-state index contributed by atoms with van der Waals surface area (Å²) in [5.41, 5.74) is 13.6. The van der Waals surface area contributed by atoms with Crippen molar-refractivity contribution in [1.29, 1.82) is 0 Å². The van der Waals surface area contributed by atoms with Crippen LogP contribution in [0.4, 0.5) is 0 Å². The van der Waals surface area contributed by atoms with Gasteiger partial charge in [0.05, 0.1) is 0 Å². The third-order valence-electron chi connectivity index (χ3n) is 10.1. The zero-order valence-corrected chi connectivity index (χ0v) is 29.8. The van der Waals surface area contributed by atoms with E-state index < -0.39 is 0 Å². The summed E-state index contributed by atoms with van der Waals surface area (Å²) in [5, 5.41) is 2.15. The molecule has 0 aliphatic heterocycles. The van der Waals surface area contributed by atoms with Crippen molar-refractivity contribution in [3.05, 3.63) is 200 Å². The Hall–Kier alpha value is -7.43. The zero-order valence-electron chi connectivity index (χ0n) is 29.8. The van der Waals surface area contributed by atoms with Crippen LogP contribution in [0.1, 0.15) is 0 Å². The molecule has 0 aliphatic rings. The summed E-state index contributed by atoms with van der Waals surface area (Å²) in [6, 6.07) is 69.5. The van der Waals surface area contributed by atoms with Crippen LogP contribution < -0.4 is 0 Å². The van der Waals surface area contributed by atoms with Crippen LogP contribution in [0.15, 0.2) is 205 Å². The fraction of sp³-hybridized carbons (Fsp3) is 0. The summed E-state index contributed by atoms with van der Waals surface area (Å²) >= 11 is 0. The number of aromatic nitrogens is 3. The summed E-state index contributed by atoms with van der Waals surface area (Å²) in [6.45, 7) is 0. The van der Waals surface area contributed by atoms with E-state index in [0.717, 1.165) is 60.9 Å². The molecule has 0 aliphatic carbocycles. The molecule has 258 valence electrons. The van der Waals surface area contributed by atoms with Gasteiger partial charge in [0.2, 0.25) is 0 Å². The molecule has 0 atom stereocenters. The molecular formula is C51H33N3O. The summed E-state index contributed by atoms with van der Waals surface area (Å²) in [6.07, 6.45) is 0. The standard InChI is InChI=1S/C51H33N3O/c1-4-12-34(13-5-1)37-20-24-39(25-21-37)49-52-50(54-51(53-49)41-28-29-46-45-18-10-11-19-47(45)55-48(46)33-41)40-26-22-38(23-27-40)44-31-42(35-14-6-2-7-15-35)30-43(32-44)36-16-8-3-9-17-36/h1-33H. The van der Waals surface area contributed by atoms with Crippen LogP contribution in [0.25, 0.3) is 101 Å². The highest BCUT2D eigenvalue weighted by atomic mass is 16.3. The molecule has 0 radical (unpaired) electrons. The van der Waals surface area contributed by atoms with Crippen molar-refractivity contribution in [3.63, 3.8) is 0 Å². The van der Waals surface area contributed by atoms with Crippen molar-refractivity contribution in [3.8, 4) is 78.7 Å². The molecular weight excluding hydrogens is 671 g/mol. The summed E-state index contributed by atoms with van der Waals surface area (Å²) < 4.78 is 6.26. The van der Waals surface area contributed by atoms with Crippen LogP contribution in [0.2, 0.25) is 0 Å². The average molecular weight is 704 g/mol. The number of furan rings is 1. The van der Waals surface area contributed by atoms with Gasteiger partial charge in [-0.25, -0.2) is 15.0 Å². The van der Waals surface area contributed by atoms with Gasteiger partial charge >= 0.3 is 0 Å². The largest absolute Gasteiger partial charge is 0.456 e. The zero-order chi connectivity index (χ0) is 36.6. The van der Waals surface area contributed by atoms with Gasteiger partial charge < -0.3 is 4.42 Å². The first kappa shape index (κ1) is 32.2. The van der Waals surface area contributed by atoms with Gasteiger partial charge in [0, 0.05) is 27.5 Å². The molecule has 0 fully saturated rings. The van der Waals surface area contributed by atoms with Gasteiger partial charge in [0.15, 0.2) is 17.5 Å². The maximum absolute atomic E-state index is 6.26. The molecule has 4 nitrogen and oxygen atoms in total. The molecule has 0 spiro atoms. The Balaban J connectivity index is 1.07. The fourth-order valence-corrected chi connectivity index (χ4v) is 7.27. The number of benzene rings is 8. The highest BCUT2D eigenvalue weighted by molar-refractivity contribution is 6.05. The predicted molar refractivity (Wildman–Crippen MR) is 225 cm³/mol. The average Bonchev–Trinajstić information content (AvgIpc) is 3.65. The number of hydrogen-bond acceptors (Lipinski definition) is 4. The minimum atomic E-state index is 0.585. The Kier molecular flexibility index (Phi) is 8.12. The monoisotopic (exact) mass is 703 g/mol. The number of rotatable bonds is 7. The topological polar surface area (TPSA) is 51.8 Å². The van der Waals surface area contributed by atoms with Gasteiger partial charge in [-0.15, -0.1) is 0 Å². The second-order valence-electron chi connectivity index (χ2n) is 13.7. The van der Waals surface area contributed by atoms with E-state index in [9.17, 15) is 0 Å². The Bertz CT molecular complexity index is 2880. The Morgan fingerprint density at radius 1 is 0.236 bits per heavy atom. The molecule has 0 amide bonds. The molecule has 2 heterocycles. The highest BCUT2D eigenvalue weighted by Crippen LogP contribution is 2.35. The predicted octanol–water partition coefficient (Wildman–Crippen LogP) is 13.4. The van der Waals surface area contributed by atoms with Crippen LogP contribution in [0.3, 0.4) is 0 Å². The first-order valence-corrected chi connectivity index (χ1v) is 18.4. The normalized spacial score (nSPS) is 11.3. The van der Waals surface area contributed by atoms with Gasteiger partial charge in [-0.05, 0) is 80.9 Å². The van der Waals surface area contributed by atoms with Crippen molar-refractivity contribution >= 4 is 21.9 Å². The maximum atomic E-state index is 6.26. The van der Waals surface area contributed by atoms with E-state index in [4.69, 9.17) is 19.4 Å². The van der Waals surface area contributed by atoms with Crippen molar-refractivity contribution in [2.45, 2.75) is 0 Å². The van der Waals surface area contributed by atoms with Gasteiger partial charge in [-0.3, -0.25) is 0 Å². The first-order chi connectivity index (χ1) is 27.2. The molecule has 10 aromatic rings. The van der Waals surface area contributed by atoms with Crippen LogP contribution in [0, 0.1) is 0 Å². The third-order valence-corrected chi connectivity index (χ3v) is 10.1. The van der Waals surface area contributed by atoms with E-state index in [2.05, 4.69) is 170 Å². The molecule has 0 saturated heterocycles. The Morgan fingerprint density at radius 3 is 1.09 bits per heavy atom. The van der Waals surface area contributed by atoms with E-state index in [0.29, 0.717) is 17.5 Å². The molecule has 4 heteroatoms. The van der Waals surface area contributed by atoms with E-state index >= 15 is 0 Å². The van der Waals surface area contributed by atoms with Gasteiger partial charge in [0.25, 0.3) is 0 Å². The number of para-hydroxylation sites is 1. The van der Waals surface area contributed by atoms with Crippen LogP contribution in [0.5, 0.6) is 0 Å². The number of nitrogens with zero attached hydrogens (tertiary/aromatic N) is 3. The van der Waals surface area contributed by atoms with E-state index in [1.165, 1.54) is 22.3 Å². The van der Waals surface area contributed by atoms with E-state index in [-0.39, 0.29) is 0 Å². The van der Waals surface area contributed by atoms with Crippen molar-refractivity contribution < 1.29 is 4.42 Å². The molecule has 55 heavy (non-hydrogen) atoms.